The van der Waals surface area contributed by atoms with Gasteiger partial charge in [-0.25, -0.2) is 13.4 Å². The second-order valence-corrected chi connectivity index (χ2v) is 14.3. The van der Waals surface area contributed by atoms with Gasteiger partial charge in [0.1, 0.15) is 21.5 Å². The van der Waals surface area contributed by atoms with Crippen molar-refractivity contribution in [1.82, 2.24) is 14.2 Å². The van der Waals surface area contributed by atoms with E-state index < -0.39 is 16.1 Å². The highest BCUT2D eigenvalue weighted by Crippen LogP contribution is 2.40. The van der Waals surface area contributed by atoms with Gasteiger partial charge in [0, 0.05) is 32.7 Å². The molecule has 1 aromatic carbocycles. The van der Waals surface area contributed by atoms with Crippen LogP contribution in [0, 0.1) is 0 Å². The maximum absolute atomic E-state index is 14.2. The van der Waals surface area contributed by atoms with E-state index in [0.29, 0.717) is 69.6 Å². The molecule has 0 N–H and O–H groups in total. The van der Waals surface area contributed by atoms with Crippen molar-refractivity contribution in [3.05, 3.63) is 33.6 Å². The van der Waals surface area contributed by atoms with Crippen LogP contribution in [0.25, 0.3) is 10.2 Å². The van der Waals surface area contributed by atoms with Crippen molar-refractivity contribution < 1.29 is 22.7 Å². The summed E-state index contributed by atoms with van der Waals surface area (Å²) >= 11 is 14.8. The summed E-state index contributed by atoms with van der Waals surface area (Å²) in [5.74, 6) is 0.266. The van der Waals surface area contributed by atoms with Gasteiger partial charge >= 0.3 is 0 Å². The number of amides is 1. The number of aromatic nitrogens is 1. The van der Waals surface area contributed by atoms with Crippen LogP contribution in [0.3, 0.4) is 0 Å². The number of anilines is 1. The Bertz CT molecular complexity index is 1410. The number of thiophene rings is 1. The average molecular weight is 620 g/mol. The fourth-order valence-corrected chi connectivity index (χ4v) is 9.31. The summed E-state index contributed by atoms with van der Waals surface area (Å²) in [5, 5.41) is 0.980. The molecule has 2 saturated heterocycles. The Morgan fingerprint density at radius 1 is 1.16 bits per heavy atom. The largest absolute Gasteiger partial charge is 0.494 e. The van der Waals surface area contributed by atoms with E-state index in [-0.39, 0.29) is 16.7 Å². The maximum atomic E-state index is 14.2. The predicted molar refractivity (Wildman–Crippen MR) is 152 cm³/mol. The number of halogens is 2. The Morgan fingerprint density at radius 3 is 2.66 bits per heavy atom. The molecule has 2 fully saturated rings. The number of hydrogen-bond acceptors (Lipinski definition) is 9. The zero-order valence-electron chi connectivity index (χ0n) is 20.8. The molecular formula is C24H28Cl2N4O5S3. The topological polar surface area (TPSA) is 92.3 Å². The number of methoxy groups -OCH3 is 1. The minimum atomic E-state index is -3.89. The van der Waals surface area contributed by atoms with Gasteiger partial charge in [-0.15, -0.1) is 11.3 Å². The Kier molecular flexibility index (Phi) is 8.80. The molecule has 0 bridgehead atoms. The fourth-order valence-electron chi connectivity index (χ4n) is 4.76. The molecule has 2 aliphatic rings. The Balaban J connectivity index is 1.50. The second kappa shape index (κ2) is 11.9. The van der Waals surface area contributed by atoms with Crippen molar-refractivity contribution in [2.45, 2.75) is 29.5 Å². The summed E-state index contributed by atoms with van der Waals surface area (Å²) in [6, 6.07) is 5.70. The third-order valence-electron chi connectivity index (χ3n) is 6.76. The van der Waals surface area contributed by atoms with Crippen molar-refractivity contribution >= 4 is 77.2 Å². The molecule has 3 aromatic rings. The highest BCUT2D eigenvalue weighted by atomic mass is 35.5. The molecule has 0 spiro atoms. The second-order valence-electron chi connectivity index (χ2n) is 9.05. The number of piperidine rings is 1. The third kappa shape index (κ3) is 5.68. The molecule has 2 aliphatic heterocycles. The molecule has 1 unspecified atom stereocenters. The van der Waals surface area contributed by atoms with Crippen molar-refractivity contribution in [2.75, 3.05) is 57.9 Å². The number of fused-ring (bicyclic) bond motifs is 1. The van der Waals surface area contributed by atoms with Crippen molar-refractivity contribution in [1.29, 1.82) is 0 Å². The number of nitrogens with zero attached hydrogens (tertiary/aromatic N) is 4. The van der Waals surface area contributed by atoms with Crippen LogP contribution in [0.2, 0.25) is 9.36 Å². The molecule has 14 heteroatoms. The number of benzene rings is 1. The molecule has 1 atom stereocenters. The molecule has 1 amide bonds. The zero-order valence-corrected chi connectivity index (χ0v) is 24.7. The number of carbonyl (C=O) groups excluding carboxylic acids is 1. The fraction of sp³-hybridized carbons (Fsp3) is 0.500. The average Bonchev–Trinajstić information content (AvgIpc) is 3.57. The number of thiazole rings is 1. The van der Waals surface area contributed by atoms with Gasteiger partial charge in [-0.3, -0.25) is 14.6 Å². The first-order valence-electron chi connectivity index (χ1n) is 12.3. The molecule has 0 radical (unpaired) electrons. The first-order chi connectivity index (χ1) is 18.3. The lowest BCUT2D eigenvalue weighted by atomic mass is 10.0. The van der Waals surface area contributed by atoms with Gasteiger partial charge in [0.15, 0.2) is 5.13 Å². The molecular weight excluding hydrogens is 591 g/mol. The SMILES string of the molecule is COc1ccc(Cl)c2sc(N(CCN3CCOCC3)C(=O)C3CCCCN3S(=O)(=O)c3ccc(Cl)s3)nc12. The van der Waals surface area contributed by atoms with E-state index in [1.54, 1.807) is 30.2 Å². The van der Waals surface area contributed by atoms with E-state index in [2.05, 4.69) is 4.90 Å². The van der Waals surface area contributed by atoms with E-state index in [1.165, 1.54) is 21.7 Å². The molecule has 38 heavy (non-hydrogen) atoms. The number of sulfonamides is 1. The lowest BCUT2D eigenvalue weighted by Gasteiger charge is -2.36. The standard InChI is InChI=1S/C24H28Cl2N4O5S3/c1-34-18-6-5-16(25)22-21(18)27-24(37-22)29(11-10-28-12-14-35-15-13-28)23(31)17-4-2-3-9-30(17)38(32,33)20-8-7-19(26)36-20/h5-8,17H,2-4,9-15H2,1H3. The summed E-state index contributed by atoms with van der Waals surface area (Å²) in [6.45, 7) is 4.05. The van der Waals surface area contributed by atoms with Gasteiger partial charge in [-0.1, -0.05) is 41.0 Å². The minimum Gasteiger partial charge on any atom is -0.494 e. The van der Waals surface area contributed by atoms with Gasteiger partial charge in [-0.05, 0) is 37.1 Å². The van der Waals surface area contributed by atoms with Crippen LogP contribution in [0.4, 0.5) is 5.13 Å². The first kappa shape index (κ1) is 28.0. The Labute approximate surface area is 239 Å². The van der Waals surface area contributed by atoms with Crippen LogP contribution >= 0.6 is 45.9 Å². The summed E-state index contributed by atoms with van der Waals surface area (Å²) < 4.78 is 40.7. The monoisotopic (exact) mass is 618 g/mol. The van der Waals surface area contributed by atoms with Crippen LogP contribution in [-0.4, -0.2) is 87.6 Å². The number of ether oxygens (including phenoxy) is 2. The van der Waals surface area contributed by atoms with Crippen molar-refractivity contribution in [2.24, 2.45) is 0 Å². The van der Waals surface area contributed by atoms with Crippen LogP contribution in [-0.2, 0) is 19.6 Å². The normalized spacial score (nSPS) is 19.6. The third-order valence-corrected chi connectivity index (χ3v) is 11.9. The highest BCUT2D eigenvalue weighted by molar-refractivity contribution is 7.91. The van der Waals surface area contributed by atoms with Crippen LogP contribution < -0.4 is 9.64 Å². The molecule has 5 rings (SSSR count). The van der Waals surface area contributed by atoms with Gasteiger partial charge in [0.25, 0.3) is 10.0 Å². The Hall–Kier alpha value is -1.51. The number of morpholine rings is 1. The molecule has 0 saturated carbocycles. The van der Waals surface area contributed by atoms with E-state index in [9.17, 15) is 13.2 Å². The molecule has 0 aliphatic carbocycles. The summed E-state index contributed by atoms with van der Waals surface area (Å²) in [4.78, 5) is 22.8. The minimum absolute atomic E-state index is 0.138. The smallest absolute Gasteiger partial charge is 0.253 e. The predicted octanol–water partition coefficient (Wildman–Crippen LogP) is 4.58. The Morgan fingerprint density at radius 2 is 1.95 bits per heavy atom. The molecule has 9 nitrogen and oxygen atoms in total. The summed E-state index contributed by atoms with van der Waals surface area (Å²) in [5.41, 5.74) is 0.575. The van der Waals surface area contributed by atoms with E-state index >= 15 is 0 Å². The quantitative estimate of drug-likeness (QED) is 0.365. The van der Waals surface area contributed by atoms with Crippen LogP contribution in [0.15, 0.2) is 28.5 Å². The van der Waals surface area contributed by atoms with Crippen LogP contribution in [0.1, 0.15) is 19.3 Å². The van der Waals surface area contributed by atoms with Gasteiger partial charge in [-0.2, -0.15) is 4.31 Å². The maximum Gasteiger partial charge on any atom is 0.253 e. The lowest BCUT2D eigenvalue weighted by Crippen LogP contribution is -2.54. The first-order valence-corrected chi connectivity index (χ1v) is 16.1. The number of rotatable bonds is 8. The van der Waals surface area contributed by atoms with E-state index in [1.807, 2.05) is 0 Å². The number of carbonyl (C=O) groups is 1. The molecule has 206 valence electrons. The van der Waals surface area contributed by atoms with Gasteiger partial charge in [0.2, 0.25) is 5.91 Å². The van der Waals surface area contributed by atoms with Gasteiger partial charge in [0.05, 0.1) is 34.4 Å². The van der Waals surface area contributed by atoms with Crippen LogP contribution in [0.5, 0.6) is 5.75 Å². The highest BCUT2D eigenvalue weighted by Gasteiger charge is 2.41. The zero-order chi connectivity index (χ0) is 26.9. The lowest BCUT2D eigenvalue weighted by molar-refractivity contribution is -0.123. The molecule has 2 aromatic heterocycles. The van der Waals surface area contributed by atoms with Gasteiger partial charge < -0.3 is 9.47 Å². The summed E-state index contributed by atoms with van der Waals surface area (Å²) in [7, 11) is -2.33. The van der Waals surface area contributed by atoms with E-state index in [4.69, 9.17) is 37.7 Å². The summed E-state index contributed by atoms with van der Waals surface area (Å²) in [6.07, 6.45) is 1.87. The van der Waals surface area contributed by atoms with Crippen molar-refractivity contribution in [3.8, 4) is 5.75 Å². The number of hydrogen-bond donors (Lipinski definition) is 0. The van der Waals surface area contributed by atoms with E-state index in [0.717, 1.165) is 30.8 Å². The van der Waals surface area contributed by atoms with Crippen molar-refractivity contribution in [3.63, 3.8) is 0 Å². The molecule has 4 heterocycles.